The van der Waals surface area contributed by atoms with Crippen LogP contribution in [0.2, 0.25) is 10.6 Å². The Morgan fingerprint density at radius 2 is 1.24 bits per heavy atom. The van der Waals surface area contributed by atoms with Crippen LogP contribution in [0.5, 0.6) is 0 Å². The Bertz CT molecular complexity index is 575. The third kappa shape index (κ3) is 2.57. The minimum atomic E-state index is -2.09. The van der Waals surface area contributed by atoms with Gasteiger partial charge >= 0.3 is 0 Å². The molecule has 0 radical (unpaired) electrons. The average Bonchev–Trinajstić information content (AvgIpc) is 2.48. The lowest BCUT2D eigenvalue weighted by Crippen LogP contribution is -2.66. The first-order valence-electron chi connectivity index (χ1n) is 7.51. The summed E-state index contributed by atoms with van der Waals surface area (Å²) >= 11 is 0. The van der Waals surface area contributed by atoms with Crippen LogP contribution in [0.25, 0.3) is 0 Å². The summed E-state index contributed by atoms with van der Waals surface area (Å²) in [4.78, 5) is 0. The molecule has 1 heteroatoms. The van der Waals surface area contributed by atoms with Crippen LogP contribution >= 0.6 is 0 Å². The van der Waals surface area contributed by atoms with E-state index in [0.29, 0.717) is 0 Å². The first-order chi connectivity index (χ1) is 9.94. The number of terminal acetylenes is 1. The maximum Gasteiger partial charge on any atom is 0.137 e. The molecule has 2 rings (SSSR count). The topological polar surface area (TPSA) is 0 Å². The van der Waals surface area contributed by atoms with Gasteiger partial charge in [-0.2, -0.15) is 0 Å². The van der Waals surface area contributed by atoms with Crippen molar-refractivity contribution in [3.05, 3.63) is 60.7 Å². The molecule has 0 aliphatic heterocycles. The fourth-order valence-electron chi connectivity index (χ4n) is 3.71. The van der Waals surface area contributed by atoms with Crippen LogP contribution in [0.15, 0.2) is 60.7 Å². The van der Waals surface area contributed by atoms with Crippen LogP contribution in [0, 0.1) is 12.3 Å². The molecule has 0 saturated carbocycles. The number of hydrogen-bond donors (Lipinski definition) is 0. The second-order valence-corrected chi connectivity index (χ2v) is 11.8. The summed E-state index contributed by atoms with van der Waals surface area (Å²) in [6, 6.07) is 21.7. The summed E-state index contributed by atoms with van der Waals surface area (Å²) in [5.41, 5.74) is 0.238. The SMILES string of the molecule is C#C[C@H](C)[Si](c1ccccc1)(c1ccccc1)C(C)(C)C. The molecule has 1 atom stereocenters. The molecule has 0 nitrogen and oxygen atoms in total. The summed E-state index contributed by atoms with van der Waals surface area (Å²) in [5, 5.41) is 2.99. The van der Waals surface area contributed by atoms with Gasteiger partial charge in [-0.3, -0.25) is 0 Å². The molecule has 21 heavy (non-hydrogen) atoms. The zero-order valence-electron chi connectivity index (χ0n) is 13.4. The smallest absolute Gasteiger partial charge is 0.120 e. The van der Waals surface area contributed by atoms with Gasteiger partial charge in [0.25, 0.3) is 0 Å². The van der Waals surface area contributed by atoms with E-state index in [-0.39, 0.29) is 10.6 Å². The summed E-state index contributed by atoms with van der Waals surface area (Å²) < 4.78 is 0. The molecule has 0 N–H and O–H groups in total. The highest BCUT2D eigenvalue weighted by Crippen LogP contribution is 2.42. The van der Waals surface area contributed by atoms with Crippen LogP contribution < -0.4 is 10.4 Å². The minimum absolute atomic E-state index is 0.140. The predicted octanol–water partition coefficient (Wildman–Crippen LogP) is 4.07. The number of rotatable bonds is 3. The van der Waals surface area contributed by atoms with Crippen molar-refractivity contribution < 1.29 is 0 Å². The van der Waals surface area contributed by atoms with E-state index in [1.54, 1.807) is 0 Å². The largest absolute Gasteiger partial charge is 0.137 e. The molecule has 0 aromatic heterocycles. The van der Waals surface area contributed by atoms with E-state index >= 15 is 0 Å². The molecular weight excluding hydrogens is 268 g/mol. The van der Waals surface area contributed by atoms with Crippen molar-refractivity contribution in [2.24, 2.45) is 0 Å². The Labute approximate surface area is 130 Å². The van der Waals surface area contributed by atoms with Crippen LogP contribution in [0.3, 0.4) is 0 Å². The first kappa shape index (κ1) is 15.6. The van der Waals surface area contributed by atoms with E-state index < -0.39 is 8.07 Å². The molecule has 108 valence electrons. The zero-order chi connectivity index (χ0) is 15.5. The van der Waals surface area contributed by atoms with Gasteiger partial charge in [0.05, 0.1) is 0 Å². The Morgan fingerprint density at radius 1 is 0.857 bits per heavy atom. The minimum Gasteiger partial charge on any atom is -0.120 e. The standard InChI is InChI=1S/C20H24Si/c1-6-17(2)21(20(3,4)5,18-13-9-7-10-14-18)19-15-11-8-12-16-19/h1,7-17H,2-5H3/t17-/m0/s1. The molecule has 0 aliphatic carbocycles. The lowest BCUT2D eigenvalue weighted by Gasteiger charge is -2.46. The van der Waals surface area contributed by atoms with Gasteiger partial charge in [0, 0.05) is 5.54 Å². The number of hydrogen-bond acceptors (Lipinski definition) is 0. The second kappa shape index (κ2) is 5.91. The molecule has 0 aliphatic rings. The Kier molecular flexibility index (Phi) is 4.39. The van der Waals surface area contributed by atoms with Crippen molar-refractivity contribution >= 4 is 18.4 Å². The first-order valence-corrected chi connectivity index (χ1v) is 9.59. The monoisotopic (exact) mass is 292 g/mol. The van der Waals surface area contributed by atoms with Crippen LogP contribution in [-0.4, -0.2) is 8.07 Å². The van der Waals surface area contributed by atoms with E-state index in [1.807, 2.05) is 0 Å². The van der Waals surface area contributed by atoms with Crippen molar-refractivity contribution in [2.45, 2.75) is 38.3 Å². The molecule has 0 fully saturated rings. The quantitative estimate of drug-likeness (QED) is 0.591. The van der Waals surface area contributed by atoms with Gasteiger partial charge in [-0.1, -0.05) is 98.7 Å². The van der Waals surface area contributed by atoms with Crippen molar-refractivity contribution in [1.29, 1.82) is 0 Å². The summed E-state index contributed by atoms with van der Waals surface area (Å²) in [7, 11) is -2.09. The van der Waals surface area contributed by atoms with Crippen molar-refractivity contribution in [3.63, 3.8) is 0 Å². The van der Waals surface area contributed by atoms with Crippen molar-refractivity contribution in [1.82, 2.24) is 0 Å². The lowest BCUT2D eigenvalue weighted by molar-refractivity contribution is 0.719. The number of benzene rings is 2. The summed E-state index contributed by atoms with van der Waals surface area (Å²) in [6.07, 6.45) is 5.91. The highest BCUT2D eigenvalue weighted by Gasteiger charge is 2.50. The molecule has 2 aromatic rings. The normalized spacial score (nSPS) is 13.5. The molecule has 0 unspecified atom stereocenters. The third-order valence-electron chi connectivity index (χ3n) is 4.54. The van der Waals surface area contributed by atoms with Gasteiger partial charge in [-0.15, -0.1) is 12.3 Å². The molecular formula is C20H24Si. The average molecular weight is 292 g/mol. The van der Waals surface area contributed by atoms with E-state index in [0.717, 1.165) is 0 Å². The van der Waals surface area contributed by atoms with Gasteiger partial charge in [0.2, 0.25) is 0 Å². The summed E-state index contributed by atoms with van der Waals surface area (Å²) in [6.45, 7) is 9.24. The summed E-state index contributed by atoms with van der Waals surface area (Å²) in [5.74, 6) is 3.07. The maximum absolute atomic E-state index is 5.91. The Hall–Kier alpha value is -1.78. The van der Waals surface area contributed by atoms with E-state index in [9.17, 15) is 0 Å². The van der Waals surface area contributed by atoms with Crippen LogP contribution in [0.4, 0.5) is 0 Å². The lowest BCUT2D eigenvalue weighted by atomic mass is 10.2. The van der Waals surface area contributed by atoms with Crippen molar-refractivity contribution in [2.75, 3.05) is 0 Å². The third-order valence-corrected chi connectivity index (χ3v) is 10.9. The van der Waals surface area contributed by atoms with Crippen LogP contribution in [-0.2, 0) is 0 Å². The van der Waals surface area contributed by atoms with Crippen LogP contribution in [0.1, 0.15) is 27.7 Å². The van der Waals surface area contributed by atoms with Crippen molar-refractivity contribution in [3.8, 4) is 12.3 Å². The van der Waals surface area contributed by atoms with E-state index in [4.69, 9.17) is 6.42 Å². The molecule has 0 amide bonds. The highest BCUT2D eigenvalue weighted by atomic mass is 28.3. The highest BCUT2D eigenvalue weighted by molar-refractivity contribution is 7.05. The second-order valence-electron chi connectivity index (χ2n) is 6.68. The van der Waals surface area contributed by atoms with E-state index in [2.05, 4.69) is 94.3 Å². The predicted molar refractivity (Wildman–Crippen MR) is 95.9 cm³/mol. The van der Waals surface area contributed by atoms with Gasteiger partial charge in [0.15, 0.2) is 0 Å². The Morgan fingerprint density at radius 3 is 1.52 bits per heavy atom. The fourth-order valence-corrected chi connectivity index (χ4v) is 9.76. The Balaban J connectivity index is 2.83. The van der Waals surface area contributed by atoms with Gasteiger partial charge in [0.1, 0.15) is 8.07 Å². The van der Waals surface area contributed by atoms with Gasteiger partial charge in [-0.05, 0) is 5.04 Å². The molecule has 0 heterocycles. The van der Waals surface area contributed by atoms with E-state index in [1.165, 1.54) is 10.4 Å². The molecule has 2 aromatic carbocycles. The molecule has 0 bridgehead atoms. The zero-order valence-corrected chi connectivity index (χ0v) is 14.4. The maximum atomic E-state index is 5.91. The molecule has 0 saturated heterocycles. The van der Waals surface area contributed by atoms with Gasteiger partial charge < -0.3 is 0 Å². The molecule has 0 spiro atoms. The van der Waals surface area contributed by atoms with Gasteiger partial charge in [-0.25, -0.2) is 0 Å². The fraction of sp³-hybridized carbons (Fsp3) is 0.300.